The molecule has 0 radical (unpaired) electrons. The van der Waals surface area contributed by atoms with Gasteiger partial charge in [0, 0.05) is 11.6 Å². The topological polar surface area (TPSA) is 53.2 Å². The highest BCUT2D eigenvalue weighted by Gasteiger charge is 2.11. The summed E-state index contributed by atoms with van der Waals surface area (Å²) in [6.45, 7) is -0.397. The third-order valence-corrected chi connectivity index (χ3v) is 2.50. The summed E-state index contributed by atoms with van der Waals surface area (Å²) in [4.78, 5) is 0. The van der Waals surface area contributed by atoms with Gasteiger partial charge >= 0.3 is 0 Å². The molecule has 0 amide bonds. The number of ether oxygens (including phenoxy) is 1. The molecule has 96 valence electrons. The minimum atomic E-state index is -0.748. The number of nitriles is 1. The summed E-state index contributed by atoms with van der Waals surface area (Å²) in [5.74, 6) is -1.51. The molecule has 2 rings (SSSR count). The lowest BCUT2D eigenvalue weighted by Crippen LogP contribution is -1.96. The predicted molar refractivity (Wildman–Crippen MR) is 63.5 cm³/mol. The van der Waals surface area contributed by atoms with Gasteiger partial charge in [0.2, 0.25) is 0 Å². The molecule has 0 saturated carbocycles. The number of para-hydroxylation sites is 1. The van der Waals surface area contributed by atoms with Crippen molar-refractivity contribution in [3.8, 4) is 17.6 Å². The molecule has 0 spiro atoms. The van der Waals surface area contributed by atoms with Crippen LogP contribution < -0.4 is 4.74 Å². The van der Waals surface area contributed by atoms with E-state index < -0.39 is 18.2 Å². The molecule has 2 aromatic rings. The summed E-state index contributed by atoms with van der Waals surface area (Å²) in [5, 5.41) is 17.7. The zero-order valence-corrected chi connectivity index (χ0v) is 9.73. The molecule has 2 aromatic carbocycles. The van der Waals surface area contributed by atoms with E-state index >= 15 is 0 Å². The van der Waals surface area contributed by atoms with Gasteiger partial charge in [-0.1, -0.05) is 12.1 Å². The predicted octanol–water partition coefficient (Wildman–Crippen LogP) is 3.12. The highest BCUT2D eigenvalue weighted by Crippen LogP contribution is 2.29. The van der Waals surface area contributed by atoms with Crippen molar-refractivity contribution in [3.63, 3.8) is 0 Å². The zero-order valence-electron chi connectivity index (χ0n) is 9.73. The Kier molecular flexibility index (Phi) is 3.74. The summed E-state index contributed by atoms with van der Waals surface area (Å²) in [7, 11) is 0. The van der Waals surface area contributed by atoms with Gasteiger partial charge in [0.25, 0.3) is 0 Å². The van der Waals surface area contributed by atoms with Crippen LogP contribution in [0.2, 0.25) is 0 Å². The Labute approximate surface area is 108 Å². The fourth-order valence-corrected chi connectivity index (χ4v) is 1.56. The van der Waals surface area contributed by atoms with E-state index in [2.05, 4.69) is 0 Å². The number of aliphatic hydroxyl groups is 1. The third kappa shape index (κ3) is 2.69. The molecule has 0 aliphatic heterocycles. The highest BCUT2D eigenvalue weighted by atomic mass is 19.1. The summed E-state index contributed by atoms with van der Waals surface area (Å²) < 4.78 is 32.2. The van der Waals surface area contributed by atoms with E-state index in [9.17, 15) is 8.78 Å². The lowest BCUT2D eigenvalue weighted by atomic mass is 10.2. The number of aliphatic hydroxyl groups excluding tert-OH is 1. The summed E-state index contributed by atoms with van der Waals surface area (Å²) in [6.07, 6.45) is 0. The fourth-order valence-electron chi connectivity index (χ4n) is 1.56. The van der Waals surface area contributed by atoms with Crippen LogP contribution in [0, 0.1) is 23.0 Å². The summed E-state index contributed by atoms with van der Waals surface area (Å²) >= 11 is 0. The van der Waals surface area contributed by atoms with Crippen molar-refractivity contribution in [2.75, 3.05) is 0 Å². The summed E-state index contributed by atoms with van der Waals surface area (Å²) in [5.41, 5.74) is 0.132. The number of benzene rings is 2. The van der Waals surface area contributed by atoms with Crippen LogP contribution in [-0.4, -0.2) is 5.11 Å². The molecule has 3 nitrogen and oxygen atoms in total. The number of hydrogen-bond acceptors (Lipinski definition) is 3. The van der Waals surface area contributed by atoms with E-state index in [1.807, 2.05) is 0 Å². The lowest BCUT2D eigenvalue weighted by Gasteiger charge is -2.10. The van der Waals surface area contributed by atoms with Gasteiger partial charge in [0.15, 0.2) is 11.6 Å². The SMILES string of the molecule is N#Cc1ccc(Oc2c(F)cccc2CO)cc1F. The minimum absolute atomic E-state index is 0.0521. The van der Waals surface area contributed by atoms with Crippen molar-refractivity contribution < 1.29 is 18.6 Å². The second-order valence-corrected chi connectivity index (χ2v) is 3.74. The van der Waals surface area contributed by atoms with Gasteiger partial charge in [-0.05, 0) is 18.2 Å². The monoisotopic (exact) mass is 261 g/mol. The molecule has 0 aromatic heterocycles. The van der Waals surface area contributed by atoms with Gasteiger partial charge in [-0.3, -0.25) is 0 Å². The Morgan fingerprint density at radius 3 is 2.58 bits per heavy atom. The summed E-state index contributed by atoms with van der Waals surface area (Å²) in [6, 6.07) is 9.38. The number of rotatable bonds is 3. The lowest BCUT2D eigenvalue weighted by molar-refractivity contribution is 0.274. The first-order valence-electron chi connectivity index (χ1n) is 5.41. The molecule has 5 heteroatoms. The first-order chi connectivity index (χ1) is 9.15. The van der Waals surface area contributed by atoms with Gasteiger partial charge in [-0.15, -0.1) is 0 Å². The Hall–Kier alpha value is -2.45. The molecule has 0 heterocycles. The van der Waals surface area contributed by atoms with E-state index in [1.165, 1.54) is 30.3 Å². The van der Waals surface area contributed by atoms with Crippen molar-refractivity contribution in [2.45, 2.75) is 6.61 Å². The van der Waals surface area contributed by atoms with E-state index in [0.29, 0.717) is 0 Å². The molecular formula is C14H9F2NO2. The molecule has 0 aliphatic rings. The van der Waals surface area contributed by atoms with Crippen LogP contribution in [0.5, 0.6) is 11.5 Å². The maximum Gasteiger partial charge on any atom is 0.168 e. The first-order valence-corrected chi connectivity index (χ1v) is 5.41. The van der Waals surface area contributed by atoms with Crippen molar-refractivity contribution in [1.82, 2.24) is 0 Å². The molecule has 0 bridgehead atoms. The second-order valence-electron chi connectivity index (χ2n) is 3.74. The van der Waals surface area contributed by atoms with Crippen molar-refractivity contribution >= 4 is 0 Å². The molecular weight excluding hydrogens is 252 g/mol. The standard InChI is InChI=1S/C14H9F2NO2/c15-12-3-1-2-10(8-18)14(12)19-11-5-4-9(7-17)13(16)6-11/h1-6,18H,8H2. The molecule has 1 N–H and O–H groups in total. The molecule has 0 atom stereocenters. The number of hydrogen-bond donors (Lipinski definition) is 1. The zero-order chi connectivity index (χ0) is 13.8. The van der Waals surface area contributed by atoms with Crippen molar-refractivity contribution in [2.24, 2.45) is 0 Å². The first kappa shape index (κ1) is 13.0. The molecule has 0 saturated heterocycles. The number of nitrogens with zero attached hydrogens (tertiary/aromatic N) is 1. The van der Waals surface area contributed by atoms with Crippen LogP contribution in [0.1, 0.15) is 11.1 Å². The van der Waals surface area contributed by atoms with Gasteiger partial charge in [-0.25, -0.2) is 8.78 Å². The van der Waals surface area contributed by atoms with Crippen LogP contribution >= 0.6 is 0 Å². The van der Waals surface area contributed by atoms with Crippen LogP contribution in [-0.2, 0) is 6.61 Å². The Morgan fingerprint density at radius 2 is 1.95 bits per heavy atom. The van der Waals surface area contributed by atoms with Gasteiger partial charge in [-0.2, -0.15) is 5.26 Å². The average Bonchev–Trinajstić information content (AvgIpc) is 2.41. The van der Waals surface area contributed by atoms with Gasteiger partial charge in [0.1, 0.15) is 17.6 Å². The van der Waals surface area contributed by atoms with Gasteiger partial charge in [0.05, 0.1) is 12.2 Å². The molecule has 19 heavy (non-hydrogen) atoms. The van der Waals surface area contributed by atoms with Crippen LogP contribution in [0.15, 0.2) is 36.4 Å². The molecule has 0 aliphatic carbocycles. The smallest absolute Gasteiger partial charge is 0.168 e. The van der Waals surface area contributed by atoms with Crippen molar-refractivity contribution in [1.29, 1.82) is 5.26 Å². The third-order valence-electron chi connectivity index (χ3n) is 2.50. The normalized spacial score (nSPS) is 10.0. The van der Waals surface area contributed by atoms with Crippen LogP contribution in [0.25, 0.3) is 0 Å². The maximum absolute atomic E-state index is 13.6. The Morgan fingerprint density at radius 1 is 1.16 bits per heavy atom. The maximum atomic E-state index is 13.6. The highest BCUT2D eigenvalue weighted by molar-refractivity contribution is 5.41. The Bertz CT molecular complexity index is 650. The second kappa shape index (κ2) is 5.46. The van der Waals surface area contributed by atoms with Crippen molar-refractivity contribution in [3.05, 3.63) is 59.2 Å². The fraction of sp³-hybridized carbons (Fsp3) is 0.0714. The minimum Gasteiger partial charge on any atom is -0.454 e. The largest absolute Gasteiger partial charge is 0.454 e. The molecule has 0 fully saturated rings. The number of halogens is 2. The van der Waals surface area contributed by atoms with E-state index in [4.69, 9.17) is 15.1 Å². The van der Waals surface area contributed by atoms with E-state index in [1.54, 1.807) is 6.07 Å². The van der Waals surface area contributed by atoms with E-state index in [-0.39, 0.29) is 22.6 Å². The van der Waals surface area contributed by atoms with Gasteiger partial charge < -0.3 is 9.84 Å². The Balaban J connectivity index is 2.37. The molecule has 0 unspecified atom stereocenters. The van der Waals surface area contributed by atoms with E-state index in [0.717, 1.165) is 6.07 Å². The van der Waals surface area contributed by atoms with Crippen LogP contribution in [0.3, 0.4) is 0 Å². The average molecular weight is 261 g/mol. The quantitative estimate of drug-likeness (QED) is 0.923. The van der Waals surface area contributed by atoms with Crippen LogP contribution in [0.4, 0.5) is 8.78 Å².